The van der Waals surface area contributed by atoms with Crippen molar-refractivity contribution in [2.75, 3.05) is 0 Å². The molecule has 0 amide bonds. The van der Waals surface area contributed by atoms with Crippen LogP contribution in [0.2, 0.25) is 0 Å². The van der Waals surface area contributed by atoms with Crippen LogP contribution in [0, 0.1) is 5.92 Å². The summed E-state index contributed by atoms with van der Waals surface area (Å²) in [5.41, 5.74) is 0. The molecule has 0 aromatic heterocycles. The number of alkyl halides is 2. The molecule has 0 aliphatic rings. The Kier molecular flexibility index (Phi) is 6.08. The van der Waals surface area contributed by atoms with Gasteiger partial charge in [0.1, 0.15) is 0 Å². The Labute approximate surface area is 132 Å². The Morgan fingerprint density at radius 1 is 1.04 bits per heavy atom. The zero-order valence-electron chi connectivity index (χ0n) is 13.0. The van der Waals surface area contributed by atoms with E-state index in [1.807, 2.05) is 0 Å². The summed E-state index contributed by atoms with van der Waals surface area (Å²) in [5.74, 6) is -4.56. The van der Waals surface area contributed by atoms with Gasteiger partial charge in [-0.05, 0) is 20.8 Å². The molecular formula is C11H18F2O8S2. The van der Waals surface area contributed by atoms with Gasteiger partial charge in [0, 0.05) is 5.92 Å². The topological polar surface area (TPSA) is 132 Å². The lowest BCUT2D eigenvalue weighted by molar-refractivity contribution is -0.153. The maximum atomic E-state index is 13.7. The fourth-order valence-electron chi connectivity index (χ4n) is 1.60. The van der Waals surface area contributed by atoms with E-state index in [-0.39, 0.29) is 0 Å². The van der Waals surface area contributed by atoms with Crippen LogP contribution in [0.3, 0.4) is 0 Å². The van der Waals surface area contributed by atoms with Gasteiger partial charge in [-0.2, -0.15) is 17.2 Å². The van der Waals surface area contributed by atoms with E-state index in [0.29, 0.717) is 6.92 Å². The lowest BCUT2D eigenvalue weighted by atomic mass is 9.96. The third-order valence-corrected chi connectivity index (χ3v) is 6.84. The van der Waals surface area contributed by atoms with Crippen molar-refractivity contribution in [3.05, 3.63) is 0 Å². The van der Waals surface area contributed by atoms with Crippen molar-refractivity contribution in [2.45, 2.75) is 50.1 Å². The molecule has 0 fully saturated rings. The van der Waals surface area contributed by atoms with E-state index in [9.17, 15) is 35.2 Å². The number of sulfone groups is 1. The molecule has 0 radical (unpaired) electrons. The van der Waals surface area contributed by atoms with Crippen molar-refractivity contribution < 1.29 is 44.5 Å². The molecule has 0 spiro atoms. The molecule has 0 saturated heterocycles. The molecular weight excluding hydrogens is 362 g/mol. The van der Waals surface area contributed by atoms with Crippen molar-refractivity contribution in [3.8, 4) is 0 Å². The summed E-state index contributed by atoms with van der Waals surface area (Å²) in [7, 11) is -12.8. The highest BCUT2D eigenvalue weighted by atomic mass is 32.3. The number of carbonyl (C=O) groups is 2. The van der Waals surface area contributed by atoms with Gasteiger partial charge in [-0.1, -0.05) is 13.8 Å². The summed E-state index contributed by atoms with van der Waals surface area (Å²) in [5, 5.41) is 0. The van der Waals surface area contributed by atoms with E-state index in [1.165, 1.54) is 13.8 Å². The largest absolute Gasteiger partial charge is 0.471 e. The summed E-state index contributed by atoms with van der Waals surface area (Å²) in [6.07, 6.45) is -0.962. The summed E-state index contributed by atoms with van der Waals surface area (Å²) < 4.78 is 76.9. The number of halogens is 2. The first-order valence-corrected chi connectivity index (χ1v) is 9.21. The zero-order chi connectivity index (χ0) is 19.0. The van der Waals surface area contributed by atoms with Crippen LogP contribution in [0.15, 0.2) is 0 Å². The van der Waals surface area contributed by atoms with Gasteiger partial charge in [0.2, 0.25) is 4.75 Å². The van der Waals surface area contributed by atoms with Gasteiger partial charge in [0.25, 0.3) is 9.84 Å². The van der Waals surface area contributed by atoms with E-state index in [4.69, 9.17) is 4.55 Å². The molecule has 136 valence electrons. The summed E-state index contributed by atoms with van der Waals surface area (Å²) in [6.45, 7) is 5.13. The molecule has 1 N–H and O–H groups in total. The zero-order valence-corrected chi connectivity index (χ0v) is 14.7. The molecule has 1 atom stereocenters. The second-order valence-electron chi connectivity index (χ2n) is 5.45. The van der Waals surface area contributed by atoms with E-state index >= 15 is 0 Å². The van der Waals surface area contributed by atoms with Crippen molar-refractivity contribution in [2.24, 2.45) is 5.92 Å². The molecule has 0 aliphatic carbocycles. The van der Waals surface area contributed by atoms with Gasteiger partial charge in [-0.15, -0.1) is 0 Å². The smallest absolute Gasteiger partial charge is 0.461 e. The number of rotatable bonds is 7. The Morgan fingerprint density at radius 3 is 1.70 bits per heavy atom. The lowest BCUT2D eigenvalue weighted by Gasteiger charge is -2.30. The van der Waals surface area contributed by atoms with Crippen LogP contribution in [0.5, 0.6) is 0 Å². The summed E-state index contributed by atoms with van der Waals surface area (Å²) >= 11 is 0. The number of ether oxygens (including phenoxy) is 1. The van der Waals surface area contributed by atoms with Gasteiger partial charge >= 0.3 is 20.7 Å². The molecule has 23 heavy (non-hydrogen) atoms. The van der Waals surface area contributed by atoms with E-state index < -0.39 is 53.1 Å². The first kappa shape index (κ1) is 21.9. The maximum Gasteiger partial charge on any atom is 0.471 e. The predicted octanol–water partition coefficient (Wildman–Crippen LogP) is 0.775. The summed E-state index contributed by atoms with van der Waals surface area (Å²) in [4.78, 5) is 24.1. The quantitative estimate of drug-likeness (QED) is 0.389. The van der Waals surface area contributed by atoms with E-state index in [2.05, 4.69) is 4.74 Å². The van der Waals surface area contributed by atoms with Gasteiger partial charge < -0.3 is 4.74 Å². The number of hydrogen-bond acceptors (Lipinski definition) is 7. The number of Topliss-reactive ketones (excluding diaryl/α,β-unsaturated/α-hetero) is 1. The second kappa shape index (κ2) is 6.40. The van der Waals surface area contributed by atoms with Gasteiger partial charge in [-0.25, -0.2) is 13.2 Å². The molecule has 12 heteroatoms. The minimum Gasteiger partial charge on any atom is -0.461 e. The Balaban J connectivity index is 6.62. The molecule has 8 nitrogen and oxygen atoms in total. The minimum atomic E-state index is -6.45. The fraction of sp³-hybridized carbons (Fsp3) is 0.818. The summed E-state index contributed by atoms with van der Waals surface area (Å²) in [6, 6.07) is 0. The number of hydrogen-bond donors (Lipinski definition) is 1. The van der Waals surface area contributed by atoms with Crippen LogP contribution in [0.4, 0.5) is 8.78 Å². The van der Waals surface area contributed by atoms with E-state index in [1.54, 1.807) is 0 Å². The average molecular weight is 380 g/mol. The highest BCUT2D eigenvalue weighted by molar-refractivity contribution is 8.09. The molecule has 0 aromatic rings. The lowest BCUT2D eigenvalue weighted by Crippen LogP contribution is -2.60. The first-order chi connectivity index (χ1) is 9.94. The average Bonchev–Trinajstić information content (AvgIpc) is 2.33. The fourth-order valence-corrected chi connectivity index (χ4v) is 4.45. The SMILES string of the molecule is CC(C)OC(=O)C(C)(C(=O)C(C)C)S(=O)(=O)C(F)(F)S(=O)(=O)O. The second-order valence-corrected chi connectivity index (χ2v) is 9.51. The highest BCUT2D eigenvalue weighted by Gasteiger charge is 2.70. The molecule has 0 heterocycles. The maximum absolute atomic E-state index is 13.7. The Hall–Kier alpha value is -1.14. The molecule has 0 rings (SSSR count). The highest BCUT2D eigenvalue weighted by Crippen LogP contribution is 2.39. The van der Waals surface area contributed by atoms with Gasteiger partial charge in [0.15, 0.2) is 5.78 Å². The van der Waals surface area contributed by atoms with Crippen LogP contribution < -0.4 is 0 Å². The third-order valence-electron chi connectivity index (χ3n) is 2.88. The van der Waals surface area contributed by atoms with E-state index in [0.717, 1.165) is 13.8 Å². The predicted molar refractivity (Wildman–Crippen MR) is 74.9 cm³/mol. The molecule has 0 bridgehead atoms. The van der Waals surface area contributed by atoms with Crippen LogP contribution in [0.1, 0.15) is 34.6 Å². The molecule has 0 saturated carbocycles. The first-order valence-electron chi connectivity index (χ1n) is 6.29. The normalized spacial score (nSPS) is 16.3. The number of carbonyl (C=O) groups excluding carboxylic acids is 2. The van der Waals surface area contributed by atoms with Crippen LogP contribution in [-0.2, 0) is 34.3 Å². The number of esters is 1. The van der Waals surface area contributed by atoms with Crippen LogP contribution >= 0.6 is 0 Å². The van der Waals surface area contributed by atoms with Crippen molar-refractivity contribution in [1.82, 2.24) is 0 Å². The standard InChI is InChI=1S/C11H18F2O8S2/c1-6(2)8(14)10(5,9(15)21-7(3)4)22(16,17)11(12,13)23(18,19)20/h6-7H,1-5H3,(H,18,19,20). The number of ketones is 1. The van der Waals surface area contributed by atoms with Crippen molar-refractivity contribution in [1.29, 1.82) is 0 Å². The van der Waals surface area contributed by atoms with Crippen molar-refractivity contribution in [3.63, 3.8) is 0 Å². The van der Waals surface area contributed by atoms with Crippen molar-refractivity contribution >= 4 is 31.7 Å². The minimum absolute atomic E-state index is 0.328. The molecule has 0 aliphatic heterocycles. The van der Waals surface area contributed by atoms with Gasteiger partial charge in [0.05, 0.1) is 6.10 Å². The monoisotopic (exact) mass is 380 g/mol. The molecule has 0 aromatic carbocycles. The van der Waals surface area contributed by atoms with Gasteiger partial charge in [-0.3, -0.25) is 9.35 Å². The Bertz CT molecular complexity index is 694. The van der Waals surface area contributed by atoms with Crippen LogP contribution in [-0.4, -0.2) is 48.6 Å². The molecule has 1 unspecified atom stereocenters. The van der Waals surface area contributed by atoms with Crippen LogP contribution in [0.25, 0.3) is 0 Å². The third kappa shape index (κ3) is 3.53. The Morgan fingerprint density at radius 2 is 1.43 bits per heavy atom.